The molecule has 0 spiro atoms. The second kappa shape index (κ2) is 3.41. The van der Waals surface area contributed by atoms with Gasteiger partial charge in [-0.15, -0.1) is 0 Å². The maximum absolute atomic E-state index is 5.10. The predicted molar refractivity (Wildman–Crippen MR) is 51.4 cm³/mol. The zero-order valence-electron chi connectivity index (χ0n) is 7.32. The van der Waals surface area contributed by atoms with Crippen molar-refractivity contribution in [2.24, 2.45) is 0 Å². The van der Waals surface area contributed by atoms with Crippen LogP contribution in [0.4, 0.5) is 0 Å². The van der Waals surface area contributed by atoms with Gasteiger partial charge in [-0.25, -0.2) is 0 Å². The maximum atomic E-state index is 5.10. The maximum Gasteiger partial charge on any atom is 0.166 e. The molecule has 0 aliphatic carbocycles. The Hall–Kier alpha value is -1.61. The van der Waals surface area contributed by atoms with E-state index in [0.29, 0.717) is 0 Å². The summed E-state index contributed by atoms with van der Waals surface area (Å²) in [7, 11) is 1.72. The molecule has 0 bridgehead atoms. The van der Waals surface area contributed by atoms with E-state index in [2.05, 4.69) is 10.5 Å². The van der Waals surface area contributed by atoms with Gasteiger partial charge in [0.2, 0.25) is 0 Å². The first-order chi connectivity index (χ1) is 6.40. The van der Waals surface area contributed by atoms with Gasteiger partial charge in [0.25, 0.3) is 0 Å². The molecule has 13 heavy (non-hydrogen) atoms. The molecule has 0 aliphatic heterocycles. The van der Waals surface area contributed by atoms with Crippen molar-refractivity contribution in [2.75, 3.05) is 7.05 Å². The predicted octanol–water partition coefficient (Wildman–Crippen LogP) is 1.75. The Bertz CT molecular complexity index is 414. The monoisotopic (exact) mass is 174 g/mol. The molecule has 66 valence electrons. The van der Waals surface area contributed by atoms with Gasteiger partial charge in [-0.05, 0) is 12.1 Å². The third-order valence-corrected chi connectivity index (χ3v) is 1.79. The van der Waals surface area contributed by atoms with Crippen LogP contribution in [0.25, 0.3) is 10.9 Å². The van der Waals surface area contributed by atoms with Gasteiger partial charge in [0.15, 0.2) is 5.75 Å². The van der Waals surface area contributed by atoms with Crippen molar-refractivity contribution in [1.29, 1.82) is 0 Å². The van der Waals surface area contributed by atoms with E-state index in [1.807, 2.05) is 30.3 Å². The van der Waals surface area contributed by atoms with E-state index < -0.39 is 0 Å². The number of rotatable bonds is 2. The summed E-state index contributed by atoms with van der Waals surface area (Å²) in [4.78, 5) is 9.34. The van der Waals surface area contributed by atoms with Crippen molar-refractivity contribution >= 4 is 10.9 Å². The molecular weight excluding hydrogens is 164 g/mol. The van der Waals surface area contributed by atoms with Crippen molar-refractivity contribution in [1.82, 2.24) is 10.5 Å². The van der Waals surface area contributed by atoms with Crippen LogP contribution in [0.2, 0.25) is 0 Å². The Kier molecular flexibility index (Phi) is 2.10. The molecule has 0 amide bonds. The number of hydrogen-bond acceptors (Lipinski definition) is 3. The Labute approximate surface area is 76.3 Å². The second-order valence-corrected chi connectivity index (χ2v) is 2.67. The molecule has 1 aromatic heterocycles. The van der Waals surface area contributed by atoms with Gasteiger partial charge in [0.05, 0.1) is 11.7 Å². The number of hydrogen-bond donors (Lipinski definition) is 1. The van der Waals surface area contributed by atoms with Crippen LogP contribution in [0.3, 0.4) is 0 Å². The van der Waals surface area contributed by atoms with Crippen LogP contribution in [0, 0.1) is 0 Å². The van der Waals surface area contributed by atoms with Crippen molar-refractivity contribution in [3.63, 3.8) is 0 Å². The van der Waals surface area contributed by atoms with E-state index in [1.54, 1.807) is 13.2 Å². The van der Waals surface area contributed by atoms with E-state index in [4.69, 9.17) is 4.84 Å². The third kappa shape index (κ3) is 1.60. The fourth-order valence-electron chi connectivity index (χ4n) is 1.22. The summed E-state index contributed by atoms with van der Waals surface area (Å²) < 4.78 is 0. The molecule has 0 fully saturated rings. The van der Waals surface area contributed by atoms with Gasteiger partial charge in [-0.3, -0.25) is 4.98 Å². The van der Waals surface area contributed by atoms with Gasteiger partial charge in [-0.2, -0.15) is 5.48 Å². The lowest BCUT2D eigenvalue weighted by atomic mass is 10.2. The molecule has 3 nitrogen and oxygen atoms in total. The van der Waals surface area contributed by atoms with E-state index in [9.17, 15) is 0 Å². The van der Waals surface area contributed by atoms with E-state index in [-0.39, 0.29) is 0 Å². The van der Waals surface area contributed by atoms with Crippen molar-refractivity contribution < 1.29 is 4.84 Å². The van der Waals surface area contributed by atoms with Crippen LogP contribution in [0.5, 0.6) is 5.75 Å². The van der Waals surface area contributed by atoms with Crippen LogP contribution in [-0.2, 0) is 0 Å². The standard InChI is InChI=1S/C10H10N2O/c1-11-13-9-6-8-4-2-3-5-10(8)12-7-9/h2-7,11H,1H3. The molecule has 2 rings (SSSR count). The van der Waals surface area contributed by atoms with Crippen molar-refractivity contribution in [3.8, 4) is 5.75 Å². The van der Waals surface area contributed by atoms with Crippen LogP contribution in [0.15, 0.2) is 36.5 Å². The molecule has 0 unspecified atom stereocenters. The van der Waals surface area contributed by atoms with Gasteiger partial charge < -0.3 is 4.84 Å². The van der Waals surface area contributed by atoms with Gasteiger partial charge in [0, 0.05) is 12.4 Å². The van der Waals surface area contributed by atoms with E-state index in [1.165, 1.54) is 0 Å². The fraction of sp³-hybridized carbons (Fsp3) is 0.100. The second-order valence-electron chi connectivity index (χ2n) is 2.67. The summed E-state index contributed by atoms with van der Waals surface area (Å²) in [6.45, 7) is 0. The summed E-state index contributed by atoms with van der Waals surface area (Å²) in [6, 6.07) is 9.86. The summed E-state index contributed by atoms with van der Waals surface area (Å²) in [6.07, 6.45) is 1.69. The fourth-order valence-corrected chi connectivity index (χ4v) is 1.22. The molecule has 0 atom stereocenters. The molecule has 1 heterocycles. The number of nitrogens with one attached hydrogen (secondary N) is 1. The number of para-hydroxylation sites is 1. The third-order valence-electron chi connectivity index (χ3n) is 1.79. The normalized spacial score (nSPS) is 10.2. The molecule has 0 saturated heterocycles. The van der Waals surface area contributed by atoms with Crippen LogP contribution in [-0.4, -0.2) is 12.0 Å². The largest absolute Gasteiger partial charge is 0.407 e. The molecule has 0 aliphatic rings. The topological polar surface area (TPSA) is 34.1 Å². The van der Waals surface area contributed by atoms with Gasteiger partial charge in [-0.1, -0.05) is 18.2 Å². The Morgan fingerprint density at radius 2 is 2.15 bits per heavy atom. The Morgan fingerprint density at radius 3 is 3.00 bits per heavy atom. The number of nitrogens with zero attached hydrogens (tertiary/aromatic N) is 1. The van der Waals surface area contributed by atoms with Crippen molar-refractivity contribution in [3.05, 3.63) is 36.5 Å². The molecule has 0 radical (unpaired) electrons. The van der Waals surface area contributed by atoms with E-state index >= 15 is 0 Å². The average Bonchev–Trinajstić information content (AvgIpc) is 2.18. The number of fused-ring (bicyclic) bond motifs is 1. The zero-order chi connectivity index (χ0) is 9.10. The minimum Gasteiger partial charge on any atom is -0.407 e. The highest BCUT2D eigenvalue weighted by molar-refractivity contribution is 5.79. The smallest absolute Gasteiger partial charge is 0.166 e. The minimum absolute atomic E-state index is 0.723. The van der Waals surface area contributed by atoms with Crippen LogP contribution in [0.1, 0.15) is 0 Å². The molecule has 2 aromatic rings. The van der Waals surface area contributed by atoms with Crippen molar-refractivity contribution in [2.45, 2.75) is 0 Å². The first-order valence-electron chi connectivity index (χ1n) is 4.08. The summed E-state index contributed by atoms with van der Waals surface area (Å²) >= 11 is 0. The van der Waals surface area contributed by atoms with Crippen LogP contribution >= 0.6 is 0 Å². The molecular formula is C10H10N2O. The summed E-state index contributed by atoms with van der Waals surface area (Å²) in [5, 5.41) is 1.08. The lowest BCUT2D eigenvalue weighted by Crippen LogP contribution is -2.10. The summed E-state index contributed by atoms with van der Waals surface area (Å²) in [5.74, 6) is 0.723. The van der Waals surface area contributed by atoms with E-state index in [0.717, 1.165) is 16.7 Å². The number of benzene rings is 1. The lowest BCUT2D eigenvalue weighted by molar-refractivity contribution is 0.223. The molecule has 1 N–H and O–H groups in total. The Balaban J connectivity index is 2.49. The first-order valence-corrected chi connectivity index (χ1v) is 4.08. The van der Waals surface area contributed by atoms with Crippen LogP contribution < -0.4 is 10.3 Å². The van der Waals surface area contributed by atoms with Gasteiger partial charge >= 0.3 is 0 Å². The average molecular weight is 174 g/mol. The highest BCUT2D eigenvalue weighted by Crippen LogP contribution is 2.16. The number of aromatic nitrogens is 1. The molecule has 3 heteroatoms. The zero-order valence-corrected chi connectivity index (χ0v) is 7.32. The highest BCUT2D eigenvalue weighted by Gasteiger charge is 1.96. The highest BCUT2D eigenvalue weighted by atomic mass is 16.6. The SMILES string of the molecule is CNOc1cnc2ccccc2c1. The number of pyridine rings is 1. The summed E-state index contributed by atoms with van der Waals surface area (Å²) in [5.41, 5.74) is 3.59. The minimum atomic E-state index is 0.723. The number of hydroxylamine groups is 1. The lowest BCUT2D eigenvalue weighted by Gasteiger charge is -2.02. The molecule has 0 saturated carbocycles. The molecule has 1 aromatic carbocycles. The first kappa shape index (κ1) is 8.01. The Morgan fingerprint density at radius 1 is 1.31 bits per heavy atom. The van der Waals surface area contributed by atoms with Gasteiger partial charge in [0.1, 0.15) is 0 Å². The quantitative estimate of drug-likeness (QED) is 0.704.